The lowest BCUT2D eigenvalue weighted by Gasteiger charge is -2.12. The highest BCUT2D eigenvalue weighted by atomic mass is 32.1. The lowest BCUT2D eigenvalue weighted by molar-refractivity contribution is 0.0698. The molecule has 0 saturated carbocycles. The summed E-state index contributed by atoms with van der Waals surface area (Å²) < 4.78 is 7.67. The Hall–Kier alpha value is -3.58. The molecule has 0 bridgehead atoms. The molecule has 2 aromatic carbocycles. The first-order valence-electron chi connectivity index (χ1n) is 10.3. The number of aromatic carboxylic acids is 1. The molecule has 0 unspecified atom stereocenters. The number of carbonyl (C=O) groups is 1. The third kappa shape index (κ3) is 4.53. The lowest BCUT2D eigenvalue weighted by Crippen LogP contribution is -2.06. The summed E-state index contributed by atoms with van der Waals surface area (Å²) in [6.07, 6.45) is 0.0739. The average molecular weight is 448 g/mol. The third-order valence-corrected chi connectivity index (χ3v) is 5.90. The van der Waals surface area contributed by atoms with Crippen LogP contribution in [0, 0.1) is 13.8 Å². The van der Waals surface area contributed by atoms with Gasteiger partial charge < -0.3 is 15.2 Å². The molecule has 6 nitrogen and oxygen atoms in total. The molecule has 0 fully saturated rings. The number of carboxylic acid groups (broad SMARTS) is 1. The highest BCUT2D eigenvalue weighted by Crippen LogP contribution is 2.33. The lowest BCUT2D eigenvalue weighted by atomic mass is 10.1. The van der Waals surface area contributed by atoms with E-state index in [4.69, 9.17) is 9.84 Å². The molecule has 0 atom stereocenters. The second kappa shape index (κ2) is 8.88. The Morgan fingerprint density at radius 2 is 1.94 bits per heavy atom. The standard InChI is InChI=1S/C25H25N3O3S/c1-15(2)31-19-7-5-6-18(13-19)22-14-23(28(27-22)24-17(4)10-11-32-24)26-21-9-8-16(3)12-20(21)25(29)30/h5-15,26H,1-4H3,(H,29,30). The zero-order valence-corrected chi connectivity index (χ0v) is 19.2. The van der Waals surface area contributed by atoms with Gasteiger partial charge in [-0.05, 0) is 69.0 Å². The van der Waals surface area contributed by atoms with Crippen molar-refractivity contribution in [1.82, 2.24) is 9.78 Å². The monoisotopic (exact) mass is 447 g/mol. The molecule has 0 radical (unpaired) electrons. The number of benzene rings is 2. The van der Waals surface area contributed by atoms with E-state index in [1.807, 2.05) is 80.2 Å². The number of hydrogen-bond donors (Lipinski definition) is 2. The molecule has 4 rings (SSSR count). The molecule has 32 heavy (non-hydrogen) atoms. The van der Waals surface area contributed by atoms with Crippen LogP contribution in [0.4, 0.5) is 11.5 Å². The molecule has 4 aromatic rings. The van der Waals surface area contributed by atoms with Gasteiger partial charge in [-0.2, -0.15) is 5.10 Å². The molecule has 164 valence electrons. The SMILES string of the molecule is Cc1ccc(Nc2cc(-c3cccc(OC(C)C)c3)nn2-c2sccc2C)c(C(=O)O)c1. The number of anilines is 2. The minimum absolute atomic E-state index is 0.0739. The second-order valence-electron chi connectivity index (χ2n) is 7.91. The topological polar surface area (TPSA) is 76.4 Å². The van der Waals surface area contributed by atoms with E-state index in [0.29, 0.717) is 11.5 Å². The van der Waals surface area contributed by atoms with E-state index < -0.39 is 5.97 Å². The van der Waals surface area contributed by atoms with Crippen LogP contribution in [0.2, 0.25) is 0 Å². The molecule has 7 heteroatoms. The summed E-state index contributed by atoms with van der Waals surface area (Å²) in [5.74, 6) is 0.487. The number of nitrogens with zero attached hydrogens (tertiary/aromatic N) is 2. The van der Waals surface area contributed by atoms with Crippen LogP contribution in [-0.2, 0) is 0 Å². The summed E-state index contributed by atoms with van der Waals surface area (Å²) in [5.41, 5.74) is 4.39. The maximum atomic E-state index is 11.8. The van der Waals surface area contributed by atoms with Gasteiger partial charge in [0.2, 0.25) is 0 Å². The first-order chi connectivity index (χ1) is 15.3. The molecule has 0 amide bonds. The van der Waals surface area contributed by atoms with E-state index in [9.17, 15) is 9.90 Å². The fourth-order valence-electron chi connectivity index (χ4n) is 3.43. The first kappa shape index (κ1) is 21.6. The Kier molecular flexibility index (Phi) is 6.01. The van der Waals surface area contributed by atoms with Gasteiger partial charge in [0, 0.05) is 11.6 Å². The summed E-state index contributed by atoms with van der Waals surface area (Å²) >= 11 is 1.58. The predicted octanol–water partition coefficient (Wildman–Crippen LogP) is 6.45. The maximum Gasteiger partial charge on any atom is 0.337 e. The minimum atomic E-state index is -0.978. The molecule has 0 saturated heterocycles. The number of nitrogens with one attached hydrogen (secondary N) is 1. The molecule has 2 aromatic heterocycles. The van der Waals surface area contributed by atoms with Crippen molar-refractivity contribution in [3.8, 4) is 22.0 Å². The van der Waals surface area contributed by atoms with Crippen molar-refractivity contribution in [2.75, 3.05) is 5.32 Å². The van der Waals surface area contributed by atoms with E-state index in [0.717, 1.165) is 33.1 Å². The largest absolute Gasteiger partial charge is 0.491 e. The third-order valence-electron chi connectivity index (χ3n) is 4.91. The van der Waals surface area contributed by atoms with Crippen LogP contribution in [0.15, 0.2) is 60.0 Å². The highest BCUT2D eigenvalue weighted by molar-refractivity contribution is 7.12. The fraction of sp³-hybridized carbons (Fsp3) is 0.200. The Morgan fingerprint density at radius 3 is 2.62 bits per heavy atom. The minimum Gasteiger partial charge on any atom is -0.491 e. The van der Waals surface area contributed by atoms with E-state index in [1.54, 1.807) is 23.5 Å². The number of thiophene rings is 1. The zero-order valence-electron chi connectivity index (χ0n) is 18.4. The van der Waals surface area contributed by atoms with Crippen molar-refractivity contribution in [3.63, 3.8) is 0 Å². The van der Waals surface area contributed by atoms with Crippen LogP contribution in [0.3, 0.4) is 0 Å². The normalized spacial score (nSPS) is 11.0. The van der Waals surface area contributed by atoms with Crippen LogP contribution in [-0.4, -0.2) is 27.0 Å². The molecular weight excluding hydrogens is 422 g/mol. The maximum absolute atomic E-state index is 11.8. The summed E-state index contributed by atoms with van der Waals surface area (Å²) in [7, 11) is 0. The number of rotatable bonds is 7. The Labute approximate surface area is 191 Å². The Bertz CT molecular complexity index is 1270. The van der Waals surface area contributed by atoms with E-state index in [2.05, 4.69) is 5.32 Å². The molecular formula is C25H25N3O3S. The van der Waals surface area contributed by atoms with Gasteiger partial charge in [-0.25, -0.2) is 9.48 Å². The van der Waals surface area contributed by atoms with Crippen molar-refractivity contribution in [2.45, 2.75) is 33.8 Å². The van der Waals surface area contributed by atoms with Crippen molar-refractivity contribution in [2.24, 2.45) is 0 Å². The van der Waals surface area contributed by atoms with Gasteiger partial charge in [-0.15, -0.1) is 11.3 Å². The summed E-state index contributed by atoms with van der Waals surface area (Å²) in [5, 5.41) is 20.8. The van der Waals surface area contributed by atoms with Gasteiger partial charge >= 0.3 is 5.97 Å². The van der Waals surface area contributed by atoms with Gasteiger partial charge in [0.15, 0.2) is 0 Å². The zero-order chi connectivity index (χ0) is 22.8. The van der Waals surface area contributed by atoms with Gasteiger partial charge in [0.1, 0.15) is 16.6 Å². The number of aryl methyl sites for hydroxylation is 2. The van der Waals surface area contributed by atoms with Crippen LogP contribution in [0.1, 0.15) is 35.3 Å². The quantitative estimate of drug-likeness (QED) is 0.341. The Morgan fingerprint density at radius 1 is 1.12 bits per heavy atom. The van der Waals surface area contributed by atoms with Crippen LogP contribution >= 0.6 is 11.3 Å². The first-order valence-corrected chi connectivity index (χ1v) is 11.2. The molecule has 0 aliphatic heterocycles. The number of ether oxygens (including phenoxy) is 1. The number of carboxylic acids is 1. The summed E-state index contributed by atoms with van der Waals surface area (Å²) in [6.45, 7) is 7.89. The number of aromatic nitrogens is 2. The molecule has 2 heterocycles. The van der Waals surface area contributed by atoms with E-state index >= 15 is 0 Å². The number of hydrogen-bond acceptors (Lipinski definition) is 5. The highest BCUT2D eigenvalue weighted by Gasteiger charge is 2.17. The van der Waals surface area contributed by atoms with Crippen LogP contribution < -0.4 is 10.1 Å². The molecule has 0 aliphatic rings. The van der Waals surface area contributed by atoms with Crippen molar-refractivity contribution in [1.29, 1.82) is 0 Å². The van der Waals surface area contributed by atoms with Crippen molar-refractivity contribution >= 4 is 28.8 Å². The summed E-state index contributed by atoms with van der Waals surface area (Å²) in [4.78, 5) is 11.8. The smallest absolute Gasteiger partial charge is 0.337 e. The average Bonchev–Trinajstić information content (AvgIpc) is 3.34. The van der Waals surface area contributed by atoms with Gasteiger partial charge in [-0.3, -0.25) is 0 Å². The molecule has 0 aliphatic carbocycles. The predicted molar refractivity (Wildman–Crippen MR) is 129 cm³/mol. The Balaban J connectivity index is 1.80. The molecule has 2 N–H and O–H groups in total. The second-order valence-corrected chi connectivity index (χ2v) is 8.80. The van der Waals surface area contributed by atoms with Crippen molar-refractivity contribution in [3.05, 3.63) is 76.7 Å². The van der Waals surface area contributed by atoms with Gasteiger partial charge in [-0.1, -0.05) is 23.8 Å². The van der Waals surface area contributed by atoms with Crippen molar-refractivity contribution < 1.29 is 14.6 Å². The summed E-state index contributed by atoms with van der Waals surface area (Å²) in [6, 6.07) is 17.1. The van der Waals surface area contributed by atoms with Crippen LogP contribution in [0.5, 0.6) is 5.75 Å². The van der Waals surface area contributed by atoms with E-state index in [-0.39, 0.29) is 11.7 Å². The van der Waals surface area contributed by atoms with Crippen LogP contribution in [0.25, 0.3) is 16.3 Å². The molecule has 0 spiro atoms. The van der Waals surface area contributed by atoms with Gasteiger partial charge in [0.05, 0.1) is 23.0 Å². The fourth-order valence-corrected chi connectivity index (χ4v) is 4.32. The van der Waals surface area contributed by atoms with Gasteiger partial charge in [0.25, 0.3) is 0 Å². The van der Waals surface area contributed by atoms with E-state index in [1.165, 1.54) is 0 Å².